The second-order valence-corrected chi connectivity index (χ2v) is 1.51. The third-order valence-corrected chi connectivity index (χ3v) is 0.997. The first-order chi connectivity index (χ1) is 3.84. The molecule has 8 heavy (non-hydrogen) atoms. The van der Waals surface area contributed by atoms with Crippen LogP contribution in [0.5, 0.6) is 0 Å². The van der Waals surface area contributed by atoms with E-state index in [9.17, 15) is 4.79 Å². The van der Waals surface area contributed by atoms with Crippen LogP contribution < -0.4 is 0 Å². The molecular formula is C5H7NO2. The summed E-state index contributed by atoms with van der Waals surface area (Å²) in [6.45, 7) is 0.687. The van der Waals surface area contributed by atoms with Crippen LogP contribution in [0.2, 0.25) is 0 Å². The quantitative estimate of drug-likeness (QED) is 0.460. The van der Waals surface area contributed by atoms with Crippen molar-refractivity contribution in [2.24, 2.45) is 0 Å². The summed E-state index contributed by atoms with van der Waals surface area (Å²) in [5, 5.41) is 0. The van der Waals surface area contributed by atoms with Crippen LogP contribution in [0.4, 0.5) is 4.79 Å². The molecule has 3 heteroatoms. The molecule has 0 N–H and O–H groups in total. The molecule has 0 fully saturated rings. The molecule has 3 nitrogen and oxygen atoms in total. The zero-order valence-corrected chi connectivity index (χ0v) is 4.63. The lowest BCUT2D eigenvalue weighted by Crippen LogP contribution is -2.31. The summed E-state index contributed by atoms with van der Waals surface area (Å²) in [6.07, 6.45) is 3.29. The van der Waals surface area contributed by atoms with Crippen molar-refractivity contribution >= 4 is 6.09 Å². The molecular weight excluding hydrogens is 106 g/mol. The highest BCUT2D eigenvalue weighted by atomic mass is 16.5. The third kappa shape index (κ3) is 0.665. The normalized spacial score (nSPS) is 15.4. The van der Waals surface area contributed by atoms with Gasteiger partial charge in [-0.15, -0.1) is 0 Å². The van der Waals surface area contributed by atoms with Crippen molar-refractivity contribution in [3.8, 4) is 0 Å². The fraction of sp³-hybridized carbons (Fsp3) is 0.400. The Hall–Kier alpha value is -0.990. The van der Waals surface area contributed by atoms with Crippen molar-refractivity contribution in [3.63, 3.8) is 0 Å². The summed E-state index contributed by atoms with van der Waals surface area (Å²) in [5.74, 6) is 0. The van der Waals surface area contributed by atoms with Gasteiger partial charge in [-0.1, -0.05) is 0 Å². The SMILES string of the molecule is COC(=O)N1C=CC1. The van der Waals surface area contributed by atoms with E-state index in [1.54, 1.807) is 6.20 Å². The van der Waals surface area contributed by atoms with Crippen LogP contribution in [-0.4, -0.2) is 24.6 Å². The molecule has 0 aromatic heterocycles. The third-order valence-electron chi connectivity index (χ3n) is 0.997. The molecule has 1 aliphatic rings. The molecule has 1 heterocycles. The van der Waals surface area contributed by atoms with E-state index in [1.165, 1.54) is 12.0 Å². The molecule has 0 radical (unpaired) electrons. The molecule has 0 atom stereocenters. The molecule has 0 bridgehead atoms. The number of ether oxygens (including phenoxy) is 1. The first-order valence-corrected chi connectivity index (χ1v) is 2.36. The number of rotatable bonds is 0. The lowest BCUT2D eigenvalue weighted by atomic mass is 10.4. The topological polar surface area (TPSA) is 29.5 Å². The van der Waals surface area contributed by atoms with Crippen LogP contribution in [0.15, 0.2) is 12.3 Å². The van der Waals surface area contributed by atoms with Gasteiger partial charge < -0.3 is 4.74 Å². The molecule has 1 aliphatic heterocycles. The Labute approximate surface area is 47.5 Å². The maximum Gasteiger partial charge on any atom is 0.413 e. The number of carbonyl (C=O) groups is 1. The minimum absolute atomic E-state index is 0.285. The zero-order valence-electron chi connectivity index (χ0n) is 4.63. The van der Waals surface area contributed by atoms with Gasteiger partial charge in [-0.2, -0.15) is 0 Å². The van der Waals surface area contributed by atoms with Crippen molar-refractivity contribution in [1.29, 1.82) is 0 Å². The number of nitrogens with zero attached hydrogens (tertiary/aromatic N) is 1. The highest BCUT2D eigenvalue weighted by Crippen LogP contribution is 2.02. The summed E-state index contributed by atoms with van der Waals surface area (Å²) in [6, 6.07) is 0. The van der Waals surface area contributed by atoms with E-state index in [1.807, 2.05) is 6.08 Å². The lowest BCUT2D eigenvalue weighted by Gasteiger charge is -2.20. The Kier molecular flexibility index (Phi) is 1.20. The maximum absolute atomic E-state index is 10.4. The number of hydrogen-bond acceptors (Lipinski definition) is 2. The minimum Gasteiger partial charge on any atom is -0.452 e. The first-order valence-electron chi connectivity index (χ1n) is 2.36. The Balaban J connectivity index is 2.36. The van der Waals surface area contributed by atoms with E-state index < -0.39 is 0 Å². The van der Waals surface area contributed by atoms with Gasteiger partial charge in [-0.05, 0) is 6.08 Å². The zero-order chi connectivity index (χ0) is 5.98. The van der Waals surface area contributed by atoms with Gasteiger partial charge in [0.25, 0.3) is 0 Å². The molecule has 0 spiro atoms. The van der Waals surface area contributed by atoms with Gasteiger partial charge in [0.2, 0.25) is 0 Å². The van der Waals surface area contributed by atoms with Crippen molar-refractivity contribution < 1.29 is 9.53 Å². The molecule has 0 saturated heterocycles. The monoisotopic (exact) mass is 113 g/mol. The number of carbonyl (C=O) groups excluding carboxylic acids is 1. The predicted octanol–water partition coefficient (Wildman–Crippen LogP) is 0.582. The molecule has 0 unspecified atom stereocenters. The van der Waals surface area contributed by atoms with E-state index in [2.05, 4.69) is 4.74 Å². The van der Waals surface area contributed by atoms with Crippen LogP contribution in [0.3, 0.4) is 0 Å². The second kappa shape index (κ2) is 1.86. The molecule has 1 amide bonds. The van der Waals surface area contributed by atoms with Crippen LogP contribution in [-0.2, 0) is 4.74 Å². The van der Waals surface area contributed by atoms with Gasteiger partial charge in [-0.3, -0.25) is 4.90 Å². The Morgan fingerprint density at radius 2 is 2.50 bits per heavy atom. The largest absolute Gasteiger partial charge is 0.452 e. The van der Waals surface area contributed by atoms with Gasteiger partial charge in [-0.25, -0.2) is 4.79 Å². The van der Waals surface area contributed by atoms with Gasteiger partial charge in [0.15, 0.2) is 0 Å². The summed E-state index contributed by atoms with van der Waals surface area (Å²) < 4.78 is 4.39. The van der Waals surface area contributed by atoms with E-state index in [4.69, 9.17) is 0 Å². The van der Waals surface area contributed by atoms with E-state index >= 15 is 0 Å². The molecule has 0 aromatic carbocycles. The van der Waals surface area contributed by atoms with E-state index in [-0.39, 0.29) is 6.09 Å². The Morgan fingerprint density at radius 1 is 1.88 bits per heavy atom. The smallest absolute Gasteiger partial charge is 0.413 e. The summed E-state index contributed by atoms with van der Waals surface area (Å²) >= 11 is 0. The minimum atomic E-state index is -0.285. The van der Waals surface area contributed by atoms with Crippen LogP contribution >= 0.6 is 0 Å². The highest BCUT2D eigenvalue weighted by Gasteiger charge is 2.12. The van der Waals surface area contributed by atoms with Gasteiger partial charge in [0, 0.05) is 12.7 Å². The maximum atomic E-state index is 10.4. The van der Waals surface area contributed by atoms with E-state index in [0.29, 0.717) is 6.54 Å². The first kappa shape index (κ1) is 5.15. The molecule has 0 aliphatic carbocycles. The van der Waals surface area contributed by atoms with Gasteiger partial charge in [0.1, 0.15) is 0 Å². The van der Waals surface area contributed by atoms with Gasteiger partial charge >= 0.3 is 6.09 Å². The van der Waals surface area contributed by atoms with Crippen molar-refractivity contribution in [1.82, 2.24) is 4.90 Å². The average molecular weight is 113 g/mol. The van der Waals surface area contributed by atoms with Gasteiger partial charge in [0.05, 0.1) is 7.11 Å². The average Bonchev–Trinajstić information content (AvgIpc) is 1.62. The standard InChI is InChI=1S/C5H7NO2/c1-8-5(7)6-3-2-4-6/h2-3H,4H2,1H3. The molecule has 1 rings (SSSR count). The van der Waals surface area contributed by atoms with Crippen LogP contribution in [0.1, 0.15) is 0 Å². The highest BCUT2D eigenvalue weighted by molar-refractivity contribution is 5.70. The fourth-order valence-corrected chi connectivity index (χ4v) is 0.463. The van der Waals surface area contributed by atoms with Crippen molar-refractivity contribution in [3.05, 3.63) is 12.3 Å². The summed E-state index contributed by atoms with van der Waals surface area (Å²) in [7, 11) is 1.37. The van der Waals surface area contributed by atoms with Crippen molar-refractivity contribution in [2.75, 3.05) is 13.7 Å². The lowest BCUT2D eigenvalue weighted by molar-refractivity contribution is 0.138. The van der Waals surface area contributed by atoms with Crippen LogP contribution in [0.25, 0.3) is 0 Å². The number of methoxy groups -OCH3 is 1. The van der Waals surface area contributed by atoms with E-state index in [0.717, 1.165) is 0 Å². The second-order valence-electron chi connectivity index (χ2n) is 1.51. The number of hydrogen-bond donors (Lipinski definition) is 0. The fourth-order valence-electron chi connectivity index (χ4n) is 0.463. The summed E-state index contributed by atoms with van der Waals surface area (Å²) in [5.41, 5.74) is 0. The molecule has 0 aromatic rings. The Bertz CT molecular complexity index is 130. The van der Waals surface area contributed by atoms with Crippen LogP contribution in [0, 0.1) is 0 Å². The predicted molar refractivity (Wildman–Crippen MR) is 28.3 cm³/mol. The number of amides is 1. The Morgan fingerprint density at radius 3 is 2.62 bits per heavy atom. The molecule has 44 valence electrons. The van der Waals surface area contributed by atoms with Crippen molar-refractivity contribution in [2.45, 2.75) is 0 Å². The molecule has 0 saturated carbocycles. The summed E-state index contributed by atoms with van der Waals surface area (Å²) in [4.78, 5) is 11.9.